The van der Waals surface area contributed by atoms with Gasteiger partial charge in [-0.3, -0.25) is 5.32 Å². The lowest BCUT2D eigenvalue weighted by molar-refractivity contribution is 0.698. The Kier molecular flexibility index (Phi) is 9.54. The van der Waals surface area contributed by atoms with Crippen LogP contribution >= 0.6 is 0 Å². The molecule has 1 rings (SSSR count). The van der Waals surface area contributed by atoms with Crippen molar-refractivity contribution in [1.29, 1.82) is 0 Å². The van der Waals surface area contributed by atoms with Gasteiger partial charge in [-0.15, -0.1) is 0 Å². The van der Waals surface area contributed by atoms with Crippen molar-refractivity contribution in [3.63, 3.8) is 0 Å². The molecule has 0 unspecified atom stereocenters. The van der Waals surface area contributed by atoms with Crippen LogP contribution in [0.15, 0.2) is 22.5 Å². The molecule has 0 aromatic heterocycles. The van der Waals surface area contributed by atoms with E-state index in [2.05, 4.69) is 27.7 Å². The summed E-state index contributed by atoms with van der Waals surface area (Å²) in [7, 11) is 0. The summed E-state index contributed by atoms with van der Waals surface area (Å²) >= 11 is 0. The number of nitrogens with zero attached hydrogens (tertiary/aromatic N) is 1. The van der Waals surface area contributed by atoms with Gasteiger partial charge in [0.1, 0.15) is 0 Å². The number of allylic oxidation sites excluding steroid dienone is 4. The molecule has 0 saturated heterocycles. The number of rotatable bonds is 12. The number of unbranched alkanes of at least 4 members (excludes halogenated alkanes) is 4. The van der Waals surface area contributed by atoms with E-state index in [0.29, 0.717) is 0 Å². The smallest absolute Gasteiger partial charge is 0.0442 e. The van der Waals surface area contributed by atoms with Crippen molar-refractivity contribution >= 4 is 0 Å². The Morgan fingerprint density at radius 2 is 0.857 bits per heavy atom. The summed E-state index contributed by atoms with van der Waals surface area (Å²) in [6.07, 6.45) is 15.2. The second-order valence-electron chi connectivity index (χ2n) is 6.38. The Bertz CT molecular complexity index is 315. The van der Waals surface area contributed by atoms with E-state index in [-0.39, 0.29) is 0 Å². The van der Waals surface area contributed by atoms with Crippen LogP contribution in [0.4, 0.5) is 0 Å². The van der Waals surface area contributed by atoms with Crippen LogP contribution in [-0.4, -0.2) is 0 Å². The fourth-order valence-corrected chi connectivity index (χ4v) is 3.05. The highest BCUT2D eigenvalue weighted by atomic mass is 14.9. The zero-order chi connectivity index (χ0) is 15.5. The quantitative estimate of drug-likeness (QED) is 0.372. The normalized spacial score (nSPS) is 15.0. The number of hydrogen-bond acceptors (Lipinski definition) is 0. The minimum Gasteiger partial charge on any atom is -0.257 e. The van der Waals surface area contributed by atoms with Gasteiger partial charge >= 0.3 is 0 Å². The summed E-state index contributed by atoms with van der Waals surface area (Å²) in [5, 5.41) is 5.09. The third-order valence-corrected chi connectivity index (χ3v) is 4.43. The van der Waals surface area contributed by atoms with E-state index in [0.717, 1.165) is 0 Å². The molecule has 1 nitrogen and oxygen atoms in total. The first-order valence-electron chi connectivity index (χ1n) is 9.44. The highest BCUT2D eigenvalue weighted by Gasteiger charge is 2.24. The molecule has 0 atom stereocenters. The molecule has 121 valence electrons. The maximum absolute atomic E-state index is 5.09. The Balaban J connectivity index is 2.87. The van der Waals surface area contributed by atoms with Crippen LogP contribution in [0.5, 0.6) is 0 Å². The van der Waals surface area contributed by atoms with Gasteiger partial charge in [-0.2, -0.15) is 0 Å². The lowest BCUT2D eigenvalue weighted by Crippen LogP contribution is -2.01. The van der Waals surface area contributed by atoms with Crippen molar-refractivity contribution in [2.24, 2.45) is 0 Å². The largest absolute Gasteiger partial charge is 0.257 e. The van der Waals surface area contributed by atoms with E-state index in [4.69, 9.17) is 5.32 Å². The van der Waals surface area contributed by atoms with Crippen molar-refractivity contribution < 1.29 is 0 Å². The van der Waals surface area contributed by atoms with Crippen molar-refractivity contribution in [2.75, 3.05) is 0 Å². The summed E-state index contributed by atoms with van der Waals surface area (Å²) in [5.74, 6) is 0. The molecule has 1 heteroatoms. The molecule has 0 N–H and O–H groups in total. The van der Waals surface area contributed by atoms with Gasteiger partial charge in [-0.05, 0) is 62.5 Å². The SMILES string of the molecule is CCCCC1=C(CCCC)C(CCCC)=C(CCCC)[N]1. The molecule has 0 amide bonds. The van der Waals surface area contributed by atoms with Crippen LogP contribution in [0.25, 0.3) is 0 Å². The molecule has 0 saturated carbocycles. The molecule has 0 spiro atoms. The van der Waals surface area contributed by atoms with Gasteiger partial charge in [0.05, 0.1) is 0 Å². The Morgan fingerprint density at radius 1 is 0.524 bits per heavy atom. The van der Waals surface area contributed by atoms with Crippen molar-refractivity contribution in [3.8, 4) is 0 Å². The lowest BCUT2D eigenvalue weighted by atomic mass is 9.93. The average molecular weight is 291 g/mol. The van der Waals surface area contributed by atoms with E-state index < -0.39 is 0 Å². The molecule has 1 radical (unpaired) electrons. The van der Waals surface area contributed by atoms with Crippen LogP contribution in [-0.2, 0) is 0 Å². The minimum atomic E-state index is 1.20. The first-order valence-corrected chi connectivity index (χ1v) is 9.44. The van der Waals surface area contributed by atoms with Gasteiger partial charge in [0.15, 0.2) is 0 Å². The van der Waals surface area contributed by atoms with Gasteiger partial charge < -0.3 is 0 Å². The summed E-state index contributed by atoms with van der Waals surface area (Å²) in [5.41, 5.74) is 6.18. The summed E-state index contributed by atoms with van der Waals surface area (Å²) in [6.45, 7) is 9.16. The van der Waals surface area contributed by atoms with Crippen LogP contribution in [0.2, 0.25) is 0 Å². The molecule has 1 heterocycles. The zero-order valence-electron chi connectivity index (χ0n) is 14.9. The van der Waals surface area contributed by atoms with Crippen LogP contribution in [0.3, 0.4) is 0 Å². The molecule has 0 aliphatic carbocycles. The maximum Gasteiger partial charge on any atom is 0.0442 e. The van der Waals surface area contributed by atoms with E-state index in [1.165, 1.54) is 88.4 Å². The first kappa shape index (κ1) is 18.3. The monoisotopic (exact) mass is 290 g/mol. The Morgan fingerprint density at radius 3 is 1.19 bits per heavy atom. The predicted octanol–water partition coefficient (Wildman–Crippen LogP) is 6.87. The summed E-state index contributed by atoms with van der Waals surface area (Å²) in [4.78, 5) is 0. The molecular formula is C20H36N. The third kappa shape index (κ3) is 5.88. The fraction of sp³-hybridized carbons (Fsp3) is 0.800. The predicted molar refractivity (Wildman–Crippen MR) is 94.3 cm³/mol. The summed E-state index contributed by atoms with van der Waals surface area (Å²) < 4.78 is 0. The van der Waals surface area contributed by atoms with Crippen LogP contribution < -0.4 is 5.32 Å². The van der Waals surface area contributed by atoms with Gasteiger partial charge in [0.25, 0.3) is 0 Å². The van der Waals surface area contributed by atoms with Gasteiger partial charge in [0, 0.05) is 11.4 Å². The van der Waals surface area contributed by atoms with E-state index >= 15 is 0 Å². The van der Waals surface area contributed by atoms with E-state index in [1.807, 2.05) is 0 Å². The second-order valence-corrected chi connectivity index (χ2v) is 6.38. The van der Waals surface area contributed by atoms with Crippen molar-refractivity contribution in [3.05, 3.63) is 22.5 Å². The Hall–Kier alpha value is -0.720. The molecule has 0 aromatic carbocycles. The third-order valence-electron chi connectivity index (χ3n) is 4.43. The highest BCUT2D eigenvalue weighted by Crippen LogP contribution is 2.37. The number of hydrogen-bond donors (Lipinski definition) is 0. The molecule has 0 bridgehead atoms. The topological polar surface area (TPSA) is 14.1 Å². The molecular weight excluding hydrogens is 254 g/mol. The average Bonchev–Trinajstić information content (AvgIpc) is 2.83. The molecule has 1 aliphatic rings. The van der Waals surface area contributed by atoms with E-state index in [9.17, 15) is 0 Å². The van der Waals surface area contributed by atoms with Crippen LogP contribution in [0, 0.1) is 0 Å². The lowest BCUT2D eigenvalue weighted by Gasteiger charge is -2.10. The van der Waals surface area contributed by atoms with Gasteiger partial charge in [-0.25, -0.2) is 0 Å². The molecule has 1 aliphatic heterocycles. The maximum atomic E-state index is 5.09. The van der Waals surface area contributed by atoms with E-state index in [1.54, 1.807) is 11.1 Å². The summed E-state index contributed by atoms with van der Waals surface area (Å²) in [6, 6.07) is 0. The molecule has 0 fully saturated rings. The van der Waals surface area contributed by atoms with Crippen molar-refractivity contribution in [2.45, 2.75) is 105 Å². The second kappa shape index (κ2) is 10.9. The first-order chi connectivity index (χ1) is 10.3. The van der Waals surface area contributed by atoms with Crippen molar-refractivity contribution in [1.82, 2.24) is 5.32 Å². The fourth-order valence-electron chi connectivity index (χ4n) is 3.05. The highest BCUT2D eigenvalue weighted by molar-refractivity contribution is 5.45. The standard InChI is InChI=1S/C20H36N/c1-5-9-13-17-18(14-10-6-2)20(16-12-8-4)21-19(17)15-11-7-3/h5-16H2,1-4H3. The zero-order valence-corrected chi connectivity index (χ0v) is 14.9. The minimum absolute atomic E-state index is 1.20. The van der Waals surface area contributed by atoms with Gasteiger partial charge in [-0.1, -0.05) is 53.4 Å². The Labute approximate surface area is 133 Å². The van der Waals surface area contributed by atoms with Gasteiger partial charge in [0.2, 0.25) is 0 Å². The molecule has 0 aromatic rings. The van der Waals surface area contributed by atoms with Crippen LogP contribution in [0.1, 0.15) is 105 Å². The molecule has 21 heavy (non-hydrogen) atoms.